The molecular formula is C18H24N4O3S. The predicted octanol–water partition coefficient (Wildman–Crippen LogP) is 1.79. The molecule has 0 aromatic heterocycles. The minimum absolute atomic E-state index is 0.125. The lowest BCUT2D eigenvalue weighted by atomic mass is 9.84. The topological polar surface area (TPSA) is 100.0 Å². The molecule has 1 aliphatic carbocycles. The predicted molar refractivity (Wildman–Crippen MR) is 102 cm³/mol. The van der Waals surface area contributed by atoms with Crippen molar-refractivity contribution in [2.24, 2.45) is 21.8 Å². The maximum Gasteiger partial charge on any atom is 0.261 e. The molecule has 2 N–H and O–H groups in total. The molecule has 0 aromatic rings. The third-order valence-electron chi connectivity index (χ3n) is 4.74. The zero-order valence-corrected chi connectivity index (χ0v) is 15.9. The van der Waals surface area contributed by atoms with E-state index in [2.05, 4.69) is 27.5 Å². The van der Waals surface area contributed by atoms with E-state index in [4.69, 9.17) is 0 Å². The molecule has 2 heterocycles. The molecule has 3 aliphatic rings. The molecule has 0 bridgehead atoms. The van der Waals surface area contributed by atoms with Crippen LogP contribution in [-0.4, -0.2) is 41.7 Å². The summed E-state index contributed by atoms with van der Waals surface area (Å²) in [6.45, 7) is 4.45. The van der Waals surface area contributed by atoms with Crippen LogP contribution in [0.3, 0.4) is 0 Å². The monoisotopic (exact) mass is 376 g/mol. The van der Waals surface area contributed by atoms with E-state index in [9.17, 15) is 14.4 Å². The van der Waals surface area contributed by atoms with Crippen LogP contribution >= 0.6 is 11.8 Å². The molecule has 0 fully saturated rings. The van der Waals surface area contributed by atoms with E-state index in [0.717, 1.165) is 24.3 Å². The summed E-state index contributed by atoms with van der Waals surface area (Å²) in [6, 6.07) is 0. The largest absolute Gasteiger partial charge is 0.355 e. The van der Waals surface area contributed by atoms with Gasteiger partial charge in [-0.25, -0.2) is 4.99 Å². The van der Waals surface area contributed by atoms with Gasteiger partial charge in [-0.15, -0.1) is 0 Å². The smallest absolute Gasteiger partial charge is 0.261 e. The van der Waals surface area contributed by atoms with Gasteiger partial charge in [0.25, 0.3) is 5.91 Å². The van der Waals surface area contributed by atoms with Gasteiger partial charge in [0.15, 0.2) is 0 Å². The zero-order chi connectivity index (χ0) is 18.7. The van der Waals surface area contributed by atoms with Crippen LogP contribution in [0.25, 0.3) is 0 Å². The van der Waals surface area contributed by atoms with Crippen molar-refractivity contribution >= 4 is 40.4 Å². The quantitative estimate of drug-likeness (QED) is 0.690. The Morgan fingerprint density at radius 2 is 2.00 bits per heavy atom. The molecule has 3 rings (SSSR count). The van der Waals surface area contributed by atoms with Crippen molar-refractivity contribution in [2.45, 2.75) is 46.0 Å². The van der Waals surface area contributed by atoms with Crippen LogP contribution in [0.5, 0.6) is 0 Å². The number of hydrogen-bond donors (Lipinski definition) is 2. The van der Waals surface area contributed by atoms with Crippen LogP contribution in [-0.2, 0) is 14.4 Å². The van der Waals surface area contributed by atoms with Gasteiger partial charge >= 0.3 is 0 Å². The van der Waals surface area contributed by atoms with Crippen molar-refractivity contribution in [3.8, 4) is 0 Å². The van der Waals surface area contributed by atoms with Crippen molar-refractivity contribution in [1.82, 2.24) is 10.6 Å². The number of nitrogens with zero attached hydrogens (tertiary/aromatic N) is 2. The Morgan fingerprint density at radius 1 is 1.23 bits per heavy atom. The van der Waals surface area contributed by atoms with Crippen molar-refractivity contribution in [3.05, 3.63) is 10.5 Å². The standard InChI is InChI=1S/C18H24N4O3S/c1-10-3-4-12-13(9-10)26-18-16(12)17(25)21-14(22-18)5-6-15(24)20-8-7-19-11(2)23/h10,16H,3-9H2,1-2H3,(H,19,23)(H,20,24). The van der Waals surface area contributed by atoms with Crippen LogP contribution in [0.1, 0.15) is 46.0 Å². The Kier molecular flexibility index (Phi) is 5.90. The number of amidine groups is 1. The molecule has 8 heteroatoms. The number of aliphatic imine (C=N–C) groups is 2. The van der Waals surface area contributed by atoms with E-state index >= 15 is 0 Å². The van der Waals surface area contributed by atoms with Crippen LogP contribution < -0.4 is 10.6 Å². The summed E-state index contributed by atoms with van der Waals surface area (Å²) in [7, 11) is 0. The normalized spacial score (nSPS) is 24.5. The Bertz CT molecular complexity index is 726. The number of amides is 3. The average molecular weight is 376 g/mol. The van der Waals surface area contributed by atoms with Gasteiger partial charge in [0, 0.05) is 32.9 Å². The molecule has 0 saturated carbocycles. The van der Waals surface area contributed by atoms with E-state index in [-0.39, 0.29) is 30.1 Å². The molecule has 0 aromatic carbocycles. The molecule has 2 atom stereocenters. The number of carbonyl (C=O) groups excluding carboxylic acids is 3. The summed E-state index contributed by atoms with van der Waals surface area (Å²) in [6.07, 6.45) is 3.67. The lowest BCUT2D eigenvalue weighted by Crippen LogP contribution is -2.34. The molecule has 26 heavy (non-hydrogen) atoms. The SMILES string of the molecule is CC(=O)NCCNC(=O)CCC1=NC(=O)C2C(=N1)SC1=C2CCC(C)C1. The Morgan fingerprint density at radius 3 is 2.77 bits per heavy atom. The molecule has 2 aliphatic heterocycles. The fraction of sp³-hybridized carbons (Fsp3) is 0.611. The first-order chi connectivity index (χ1) is 12.4. The minimum Gasteiger partial charge on any atom is -0.355 e. The molecule has 2 unspecified atom stereocenters. The van der Waals surface area contributed by atoms with Crippen LogP contribution in [0, 0.1) is 11.8 Å². The summed E-state index contributed by atoms with van der Waals surface area (Å²) < 4.78 is 0. The fourth-order valence-electron chi connectivity index (χ4n) is 3.39. The van der Waals surface area contributed by atoms with Crippen molar-refractivity contribution < 1.29 is 14.4 Å². The Labute approximate surface area is 157 Å². The first kappa shape index (κ1) is 18.8. The van der Waals surface area contributed by atoms with Gasteiger partial charge in [0.05, 0.1) is 5.04 Å². The summed E-state index contributed by atoms with van der Waals surface area (Å²) in [5.41, 5.74) is 1.22. The number of fused-ring (bicyclic) bond motifs is 2. The van der Waals surface area contributed by atoms with Gasteiger partial charge in [0.2, 0.25) is 11.8 Å². The number of thioether (sulfide) groups is 1. The molecule has 140 valence electrons. The van der Waals surface area contributed by atoms with Crippen molar-refractivity contribution in [2.75, 3.05) is 13.1 Å². The zero-order valence-electron chi connectivity index (χ0n) is 15.1. The summed E-state index contributed by atoms with van der Waals surface area (Å²) >= 11 is 1.63. The van der Waals surface area contributed by atoms with Crippen LogP contribution in [0.2, 0.25) is 0 Å². The summed E-state index contributed by atoms with van der Waals surface area (Å²) in [4.78, 5) is 45.1. The van der Waals surface area contributed by atoms with Gasteiger partial charge in [-0.2, -0.15) is 4.99 Å². The molecule has 0 spiro atoms. The van der Waals surface area contributed by atoms with Gasteiger partial charge in [-0.05, 0) is 35.7 Å². The van der Waals surface area contributed by atoms with Crippen molar-refractivity contribution in [1.29, 1.82) is 0 Å². The highest BCUT2D eigenvalue weighted by Gasteiger charge is 2.41. The van der Waals surface area contributed by atoms with E-state index in [0.29, 0.717) is 31.3 Å². The van der Waals surface area contributed by atoms with Crippen molar-refractivity contribution in [3.63, 3.8) is 0 Å². The summed E-state index contributed by atoms with van der Waals surface area (Å²) in [5, 5.41) is 6.18. The van der Waals surface area contributed by atoms with E-state index in [1.165, 1.54) is 17.4 Å². The van der Waals surface area contributed by atoms with E-state index in [1.54, 1.807) is 11.8 Å². The van der Waals surface area contributed by atoms with E-state index in [1.807, 2.05) is 0 Å². The maximum atomic E-state index is 12.5. The van der Waals surface area contributed by atoms with E-state index < -0.39 is 0 Å². The third-order valence-corrected chi connectivity index (χ3v) is 5.96. The molecule has 3 amide bonds. The Hall–Kier alpha value is -1.96. The lowest BCUT2D eigenvalue weighted by molar-refractivity contribution is -0.122. The fourth-order valence-corrected chi connectivity index (χ4v) is 4.87. The van der Waals surface area contributed by atoms with Gasteiger partial charge < -0.3 is 10.6 Å². The molecule has 7 nitrogen and oxygen atoms in total. The molecule has 0 saturated heterocycles. The second-order valence-electron chi connectivity index (χ2n) is 6.98. The number of rotatable bonds is 6. The second kappa shape index (κ2) is 8.16. The maximum absolute atomic E-state index is 12.5. The number of allylic oxidation sites excluding steroid dienone is 1. The second-order valence-corrected chi connectivity index (χ2v) is 8.10. The Balaban J connectivity index is 1.51. The first-order valence-corrected chi connectivity index (χ1v) is 9.86. The summed E-state index contributed by atoms with van der Waals surface area (Å²) in [5.74, 6) is 0.427. The van der Waals surface area contributed by atoms with Crippen LogP contribution in [0.15, 0.2) is 20.5 Å². The number of nitrogens with one attached hydrogen (secondary N) is 2. The third kappa shape index (κ3) is 4.41. The first-order valence-electron chi connectivity index (χ1n) is 9.05. The van der Waals surface area contributed by atoms with Gasteiger partial charge in [-0.1, -0.05) is 18.7 Å². The van der Waals surface area contributed by atoms with Crippen LogP contribution in [0.4, 0.5) is 0 Å². The van der Waals surface area contributed by atoms with Gasteiger partial charge in [-0.3, -0.25) is 14.4 Å². The number of hydrogen-bond acceptors (Lipinski definition) is 5. The highest BCUT2D eigenvalue weighted by atomic mass is 32.2. The lowest BCUT2D eigenvalue weighted by Gasteiger charge is -2.21. The molecular weight excluding hydrogens is 352 g/mol. The highest BCUT2D eigenvalue weighted by molar-refractivity contribution is 8.17. The molecule has 0 radical (unpaired) electrons. The minimum atomic E-state index is -0.266. The highest BCUT2D eigenvalue weighted by Crippen LogP contribution is 2.48. The number of carbonyl (C=O) groups is 3. The average Bonchev–Trinajstić information content (AvgIpc) is 2.94. The van der Waals surface area contributed by atoms with Gasteiger partial charge in [0.1, 0.15) is 11.8 Å².